The molecule has 3 aliphatic rings. The van der Waals surface area contributed by atoms with Gasteiger partial charge in [-0.25, -0.2) is 4.99 Å². The number of thioether (sulfide) groups is 1. The lowest BCUT2D eigenvalue weighted by atomic mass is 9.96. The van der Waals surface area contributed by atoms with Gasteiger partial charge in [-0.3, -0.25) is 0 Å². The van der Waals surface area contributed by atoms with Crippen LogP contribution in [0.2, 0.25) is 0 Å². The van der Waals surface area contributed by atoms with Crippen molar-refractivity contribution in [3.8, 4) is 0 Å². The molecule has 0 aromatic carbocycles. The second-order valence-electron chi connectivity index (χ2n) is 6.56. The lowest BCUT2D eigenvalue weighted by Crippen LogP contribution is -2.40. The minimum Gasteiger partial charge on any atom is -0.396 e. The van der Waals surface area contributed by atoms with Gasteiger partial charge < -0.3 is 20.3 Å². The highest BCUT2D eigenvalue weighted by atomic mass is 32.2. The molecule has 3 N–H and O–H groups in total. The summed E-state index contributed by atoms with van der Waals surface area (Å²) in [7, 11) is 1.65. The molecule has 0 saturated heterocycles. The summed E-state index contributed by atoms with van der Waals surface area (Å²) < 4.78 is 5.18. The fourth-order valence-electron chi connectivity index (χ4n) is 4.26. The normalized spacial score (nSPS) is 37.0. The first kappa shape index (κ1) is 15.6. The van der Waals surface area contributed by atoms with Crippen molar-refractivity contribution in [1.82, 2.24) is 5.32 Å². The average molecular weight is 314 g/mol. The maximum atomic E-state index is 9.37. The minimum absolute atomic E-state index is 0.0871. The van der Waals surface area contributed by atoms with E-state index in [1.807, 2.05) is 0 Å². The maximum absolute atomic E-state index is 9.37. The molecule has 120 valence electrons. The van der Waals surface area contributed by atoms with Gasteiger partial charge in [0.15, 0.2) is 11.4 Å². The van der Waals surface area contributed by atoms with Crippen LogP contribution in [0.5, 0.6) is 0 Å². The molecule has 0 spiro atoms. The molecule has 3 rings (SSSR count). The zero-order valence-electron chi connectivity index (χ0n) is 12.6. The summed E-state index contributed by atoms with van der Waals surface area (Å²) in [6.07, 6.45) is 6.23. The summed E-state index contributed by atoms with van der Waals surface area (Å²) in [4.78, 5) is 4.67. The zero-order valence-corrected chi connectivity index (χ0v) is 13.4. The number of amidine groups is 1. The number of methoxy groups -OCH3 is 1. The molecule has 5 nitrogen and oxygen atoms in total. The van der Waals surface area contributed by atoms with E-state index in [2.05, 4.69) is 10.3 Å². The van der Waals surface area contributed by atoms with Crippen molar-refractivity contribution in [2.45, 2.75) is 55.5 Å². The minimum atomic E-state index is -0.335. The third-order valence-corrected chi connectivity index (χ3v) is 6.76. The zero-order chi connectivity index (χ0) is 14.9. The number of ether oxygens (including phenoxy) is 1. The molecule has 21 heavy (non-hydrogen) atoms. The van der Waals surface area contributed by atoms with Crippen LogP contribution in [0.4, 0.5) is 0 Å². The van der Waals surface area contributed by atoms with Crippen LogP contribution in [0.3, 0.4) is 0 Å². The number of aliphatic hydroxyl groups is 2. The fourth-order valence-corrected chi connectivity index (χ4v) is 5.64. The highest BCUT2D eigenvalue weighted by Crippen LogP contribution is 2.47. The molecule has 0 aromatic rings. The number of aliphatic hydroxyl groups excluding tert-OH is 2. The van der Waals surface area contributed by atoms with E-state index in [4.69, 9.17) is 4.74 Å². The molecule has 6 heteroatoms. The summed E-state index contributed by atoms with van der Waals surface area (Å²) in [5.74, 6) is 1.70. The highest BCUT2D eigenvalue weighted by molar-refractivity contribution is 8.15. The van der Waals surface area contributed by atoms with Gasteiger partial charge in [-0.1, -0.05) is 18.2 Å². The first-order valence-corrected chi connectivity index (χ1v) is 8.80. The van der Waals surface area contributed by atoms with Crippen molar-refractivity contribution < 1.29 is 14.9 Å². The maximum Gasteiger partial charge on any atom is 0.165 e. The summed E-state index contributed by atoms with van der Waals surface area (Å²) in [5, 5.41) is 23.3. The van der Waals surface area contributed by atoms with Gasteiger partial charge in [0.1, 0.15) is 0 Å². The molecule has 2 saturated carbocycles. The smallest absolute Gasteiger partial charge is 0.165 e. The van der Waals surface area contributed by atoms with E-state index in [-0.39, 0.29) is 24.2 Å². The Kier molecular flexibility index (Phi) is 4.78. The number of aliphatic imine (C=N–C) groups is 1. The summed E-state index contributed by atoms with van der Waals surface area (Å²) in [6.45, 7) is 0.174. The van der Waals surface area contributed by atoms with Crippen molar-refractivity contribution >= 4 is 16.9 Å². The van der Waals surface area contributed by atoms with Crippen molar-refractivity contribution in [3.05, 3.63) is 0 Å². The van der Waals surface area contributed by atoms with E-state index >= 15 is 0 Å². The van der Waals surface area contributed by atoms with Gasteiger partial charge in [0.25, 0.3) is 0 Å². The molecule has 1 heterocycles. The third-order valence-electron chi connectivity index (χ3n) is 5.32. The Hall–Kier alpha value is -0.300. The van der Waals surface area contributed by atoms with E-state index in [0.717, 1.165) is 17.0 Å². The molecular formula is C15H26N2O3S. The summed E-state index contributed by atoms with van der Waals surface area (Å²) >= 11 is 1.65. The van der Waals surface area contributed by atoms with Crippen LogP contribution < -0.4 is 5.32 Å². The lowest BCUT2D eigenvalue weighted by Gasteiger charge is -2.31. The topological polar surface area (TPSA) is 74.1 Å². The van der Waals surface area contributed by atoms with E-state index in [1.54, 1.807) is 18.9 Å². The Morgan fingerprint density at radius 1 is 1.29 bits per heavy atom. The number of hydrogen-bond acceptors (Lipinski definition) is 6. The Bertz CT molecular complexity index is 398. The Balaban J connectivity index is 1.66. The largest absolute Gasteiger partial charge is 0.396 e. The Morgan fingerprint density at radius 2 is 2.05 bits per heavy atom. The number of rotatable bonds is 6. The molecule has 0 amide bonds. The molecule has 4 unspecified atom stereocenters. The van der Waals surface area contributed by atoms with Gasteiger partial charge in [0, 0.05) is 26.4 Å². The quantitative estimate of drug-likeness (QED) is 0.690. The van der Waals surface area contributed by atoms with Gasteiger partial charge in [-0.2, -0.15) is 0 Å². The number of nitrogens with one attached hydrogen (secondary N) is 1. The van der Waals surface area contributed by atoms with Crippen LogP contribution in [-0.2, 0) is 4.74 Å². The van der Waals surface area contributed by atoms with Crippen LogP contribution in [-0.4, -0.2) is 52.7 Å². The molecular weight excluding hydrogens is 288 g/mol. The van der Waals surface area contributed by atoms with Gasteiger partial charge in [0.05, 0.1) is 4.75 Å². The standard InChI is InChI=1S/C15H26N2O3S/c1-20-13-15(4-6-18,5-7-19)21-14(17-13)16-12-9-10-2-3-11(12)8-10/h10-13,18-19H,2-9H2,1H3,(H,16,17). The molecule has 0 radical (unpaired) electrons. The number of nitrogens with zero attached hydrogens (tertiary/aromatic N) is 1. The van der Waals surface area contributed by atoms with Crippen molar-refractivity contribution in [1.29, 1.82) is 0 Å². The summed E-state index contributed by atoms with van der Waals surface area (Å²) in [5.41, 5.74) is 0. The predicted molar refractivity (Wildman–Crippen MR) is 84.3 cm³/mol. The van der Waals surface area contributed by atoms with Gasteiger partial charge in [-0.15, -0.1) is 0 Å². The van der Waals surface area contributed by atoms with Gasteiger partial charge in [0.2, 0.25) is 0 Å². The number of fused-ring (bicyclic) bond motifs is 2. The first-order valence-electron chi connectivity index (χ1n) is 7.98. The molecule has 2 bridgehead atoms. The Labute approximate surface area is 130 Å². The monoisotopic (exact) mass is 314 g/mol. The summed E-state index contributed by atoms with van der Waals surface area (Å²) in [6, 6.07) is 0.548. The first-order chi connectivity index (χ1) is 10.2. The van der Waals surface area contributed by atoms with E-state index in [1.165, 1.54) is 25.7 Å². The third kappa shape index (κ3) is 2.96. The second-order valence-corrected chi connectivity index (χ2v) is 7.97. The van der Waals surface area contributed by atoms with E-state index < -0.39 is 0 Å². The average Bonchev–Trinajstić information content (AvgIpc) is 3.14. The number of hydrogen-bond donors (Lipinski definition) is 3. The molecule has 4 atom stereocenters. The van der Waals surface area contributed by atoms with Crippen LogP contribution in [0.25, 0.3) is 0 Å². The van der Waals surface area contributed by atoms with Crippen molar-refractivity contribution in [3.63, 3.8) is 0 Å². The molecule has 0 aromatic heterocycles. The van der Waals surface area contributed by atoms with E-state index in [0.29, 0.717) is 18.9 Å². The lowest BCUT2D eigenvalue weighted by molar-refractivity contribution is 0.0573. The second kappa shape index (κ2) is 6.44. The van der Waals surface area contributed by atoms with Crippen LogP contribution in [0.15, 0.2) is 4.99 Å². The van der Waals surface area contributed by atoms with Crippen LogP contribution >= 0.6 is 11.8 Å². The Morgan fingerprint density at radius 3 is 2.57 bits per heavy atom. The molecule has 1 aliphatic heterocycles. The van der Waals surface area contributed by atoms with Gasteiger partial charge in [-0.05, 0) is 43.9 Å². The molecule has 2 aliphatic carbocycles. The van der Waals surface area contributed by atoms with Crippen LogP contribution in [0.1, 0.15) is 38.5 Å². The molecule has 2 fully saturated rings. The van der Waals surface area contributed by atoms with Crippen LogP contribution in [0, 0.1) is 11.8 Å². The fraction of sp³-hybridized carbons (Fsp3) is 0.933. The highest BCUT2D eigenvalue weighted by Gasteiger charge is 2.47. The van der Waals surface area contributed by atoms with E-state index in [9.17, 15) is 10.2 Å². The predicted octanol–water partition coefficient (Wildman–Crippen LogP) is 1.34. The SMILES string of the molecule is COC1N=C(NC2CC3CCC2C3)SC1(CCO)CCO. The van der Waals surface area contributed by atoms with Gasteiger partial charge >= 0.3 is 0 Å². The van der Waals surface area contributed by atoms with Crippen molar-refractivity contribution in [2.75, 3.05) is 20.3 Å². The van der Waals surface area contributed by atoms with Crippen molar-refractivity contribution in [2.24, 2.45) is 16.8 Å².